The number of carbonyl (C=O) groups excluding carboxylic acids is 1. The van der Waals surface area contributed by atoms with Crippen LogP contribution in [0.25, 0.3) is 0 Å². The van der Waals surface area contributed by atoms with Crippen LogP contribution in [0.1, 0.15) is 46.1 Å². The smallest absolute Gasteiger partial charge is 0.256 e. The number of carbonyl (C=O) groups is 1. The number of aryl methyl sites for hydroxylation is 1. The zero-order chi connectivity index (χ0) is 20.5. The number of rotatable bonds is 4. The van der Waals surface area contributed by atoms with Crippen LogP contribution in [0.3, 0.4) is 0 Å². The maximum absolute atomic E-state index is 12.8. The molecule has 0 radical (unpaired) electrons. The number of amides is 1. The Morgan fingerprint density at radius 2 is 1.96 bits per heavy atom. The maximum atomic E-state index is 12.8. The number of anilines is 1. The lowest BCUT2D eigenvalue weighted by atomic mass is 10.0. The predicted octanol–water partition coefficient (Wildman–Crippen LogP) is 3.91. The number of sulfonamides is 1. The van der Waals surface area contributed by atoms with Crippen LogP contribution in [0.4, 0.5) is 5.00 Å². The fourth-order valence-corrected chi connectivity index (χ4v) is 5.92. The number of hydrogen-bond acceptors (Lipinski definition) is 5. The Morgan fingerprint density at radius 3 is 2.57 bits per heavy atom. The molecule has 8 heteroatoms. The Bertz CT molecular complexity index is 1030. The lowest BCUT2D eigenvalue weighted by Gasteiger charge is -2.30. The lowest BCUT2D eigenvalue weighted by molar-refractivity contribution is 0.102. The van der Waals surface area contributed by atoms with Crippen LogP contribution in [0.15, 0.2) is 29.2 Å². The highest BCUT2D eigenvalue weighted by Gasteiger charge is 2.28. The number of hydrogen-bond donors (Lipinski definition) is 1. The molecule has 1 fully saturated rings. The van der Waals surface area contributed by atoms with E-state index in [9.17, 15) is 18.5 Å². The molecule has 6 nitrogen and oxygen atoms in total. The van der Waals surface area contributed by atoms with Crippen molar-refractivity contribution in [3.05, 3.63) is 45.8 Å². The average Bonchev–Trinajstić information content (AvgIpc) is 2.94. The van der Waals surface area contributed by atoms with Crippen molar-refractivity contribution >= 4 is 32.3 Å². The highest BCUT2D eigenvalue weighted by atomic mass is 32.2. The molecule has 0 saturated carbocycles. The molecule has 148 valence electrons. The second-order valence-corrected chi connectivity index (χ2v) is 10.4. The Morgan fingerprint density at radius 1 is 1.29 bits per heavy atom. The standard InChI is InChI=1S/C20H23N3O3S2/c1-13-5-4-10-23(12-13)28(25,26)17-8-6-16(7-9-17)19(24)22-20-18(11-21)14(2)15(3)27-20/h6-9,13H,4-5,10,12H2,1-3H3,(H,22,24)/t13-/m1/s1. The second-order valence-electron chi connectivity index (χ2n) is 7.19. The van der Waals surface area contributed by atoms with Gasteiger partial charge >= 0.3 is 0 Å². The van der Waals surface area contributed by atoms with E-state index in [4.69, 9.17) is 0 Å². The molecule has 1 aromatic carbocycles. The SMILES string of the molecule is Cc1sc(NC(=O)c2ccc(S(=O)(=O)N3CCC[C@@H](C)C3)cc2)c(C#N)c1C. The van der Waals surface area contributed by atoms with Gasteiger partial charge in [-0.1, -0.05) is 6.92 Å². The second kappa shape index (κ2) is 8.03. The van der Waals surface area contributed by atoms with Crippen LogP contribution in [0.5, 0.6) is 0 Å². The normalized spacial score (nSPS) is 17.9. The molecule has 1 aliphatic rings. The summed E-state index contributed by atoms with van der Waals surface area (Å²) < 4.78 is 27.2. The van der Waals surface area contributed by atoms with Crippen molar-refractivity contribution in [1.82, 2.24) is 4.31 Å². The molecule has 0 aliphatic carbocycles. The molecule has 28 heavy (non-hydrogen) atoms. The lowest BCUT2D eigenvalue weighted by Crippen LogP contribution is -2.39. The molecule has 3 rings (SSSR count). The molecule has 1 aromatic heterocycles. The van der Waals surface area contributed by atoms with Gasteiger partial charge in [0.05, 0.1) is 10.5 Å². The monoisotopic (exact) mass is 417 g/mol. The first kappa shape index (κ1) is 20.5. The van der Waals surface area contributed by atoms with E-state index in [0.717, 1.165) is 23.3 Å². The molecular formula is C20H23N3O3S2. The number of nitriles is 1. The van der Waals surface area contributed by atoms with Crippen molar-refractivity contribution in [2.45, 2.75) is 38.5 Å². The van der Waals surface area contributed by atoms with E-state index >= 15 is 0 Å². The first-order valence-electron chi connectivity index (χ1n) is 9.15. The number of nitrogens with zero attached hydrogens (tertiary/aromatic N) is 2. The first-order chi connectivity index (χ1) is 13.2. The van der Waals surface area contributed by atoms with Gasteiger partial charge in [-0.3, -0.25) is 4.79 Å². The van der Waals surface area contributed by atoms with Gasteiger partial charge in [0.25, 0.3) is 5.91 Å². The van der Waals surface area contributed by atoms with Gasteiger partial charge in [-0.2, -0.15) is 9.57 Å². The molecule has 1 aliphatic heterocycles. The fraction of sp³-hybridized carbons (Fsp3) is 0.400. The van der Waals surface area contributed by atoms with Crippen molar-refractivity contribution in [2.75, 3.05) is 18.4 Å². The molecule has 1 atom stereocenters. The maximum Gasteiger partial charge on any atom is 0.256 e. The van der Waals surface area contributed by atoms with Crippen LogP contribution >= 0.6 is 11.3 Å². The molecule has 1 N–H and O–H groups in total. The van der Waals surface area contributed by atoms with Gasteiger partial charge in [-0.15, -0.1) is 11.3 Å². The zero-order valence-electron chi connectivity index (χ0n) is 16.2. The van der Waals surface area contributed by atoms with Crippen molar-refractivity contribution in [1.29, 1.82) is 5.26 Å². The molecule has 2 heterocycles. The summed E-state index contributed by atoms with van der Waals surface area (Å²) in [7, 11) is -3.55. The predicted molar refractivity (Wildman–Crippen MR) is 110 cm³/mol. The van der Waals surface area contributed by atoms with Crippen LogP contribution in [-0.4, -0.2) is 31.7 Å². The minimum Gasteiger partial charge on any atom is -0.312 e. The van der Waals surface area contributed by atoms with Crippen LogP contribution in [0, 0.1) is 31.1 Å². The summed E-state index contributed by atoms with van der Waals surface area (Å²) in [6, 6.07) is 8.08. The molecule has 0 spiro atoms. The third kappa shape index (κ3) is 3.97. The van der Waals surface area contributed by atoms with Gasteiger partial charge in [-0.05, 0) is 62.4 Å². The summed E-state index contributed by atoms with van der Waals surface area (Å²) in [5, 5.41) is 12.6. The van der Waals surface area contributed by atoms with E-state index in [1.807, 2.05) is 13.8 Å². The largest absolute Gasteiger partial charge is 0.312 e. The highest BCUT2D eigenvalue weighted by molar-refractivity contribution is 7.89. The highest BCUT2D eigenvalue weighted by Crippen LogP contribution is 2.32. The third-order valence-electron chi connectivity index (χ3n) is 5.10. The summed E-state index contributed by atoms with van der Waals surface area (Å²) in [6.45, 7) is 6.86. The molecule has 2 aromatic rings. The summed E-state index contributed by atoms with van der Waals surface area (Å²) in [5.41, 5.74) is 1.67. The zero-order valence-corrected chi connectivity index (χ0v) is 17.8. The number of piperidine rings is 1. The van der Waals surface area contributed by atoms with Crippen molar-refractivity contribution < 1.29 is 13.2 Å². The van der Waals surface area contributed by atoms with Gasteiger partial charge in [0, 0.05) is 23.5 Å². The summed E-state index contributed by atoms with van der Waals surface area (Å²) >= 11 is 1.36. The number of benzene rings is 1. The van der Waals surface area contributed by atoms with E-state index in [2.05, 4.69) is 18.3 Å². The number of nitrogens with one attached hydrogen (secondary N) is 1. The van der Waals surface area contributed by atoms with Crippen LogP contribution in [0.2, 0.25) is 0 Å². The molecular weight excluding hydrogens is 394 g/mol. The number of thiophene rings is 1. The average molecular weight is 418 g/mol. The summed E-state index contributed by atoms with van der Waals surface area (Å²) in [4.78, 5) is 13.7. The van der Waals surface area contributed by atoms with E-state index < -0.39 is 10.0 Å². The Kier molecular flexibility index (Phi) is 5.89. The van der Waals surface area contributed by atoms with Gasteiger partial charge in [0.2, 0.25) is 10.0 Å². The Labute approximate surface area is 169 Å². The summed E-state index contributed by atoms with van der Waals surface area (Å²) in [6.07, 6.45) is 1.90. The quantitative estimate of drug-likeness (QED) is 0.817. The van der Waals surface area contributed by atoms with E-state index in [0.29, 0.717) is 35.1 Å². The Hall–Kier alpha value is -2.21. The third-order valence-corrected chi connectivity index (χ3v) is 8.10. The van der Waals surface area contributed by atoms with Gasteiger partial charge in [0.15, 0.2) is 0 Å². The van der Waals surface area contributed by atoms with E-state index in [1.165, 1.54) is 39.9 Å². The van der Waals surface area contributed by atoms with E-state index in [-0.39, 0.29) is 10.8 Å². The van der Waals surface area contributed by atoms with Gasteiger partial charge in [-0.25, -0.2) is 8.42 Å². The van der Waals surface area contributed by atoms with E-state index in [1.54, 1.807) is 0 Å². The van der Waals surface area contributed by atoms with Crippen molar-refractivity contribution in [3.8, 4) is 6.07 Å². The van der Waals surface area contributed by atoms with Crippen LogP contribution in [-0.2, 0) is 10.0 Å². The van der Waals surface area contributed by atoms with Gasteiger partial charge in [0.1, 0.15) is 11.1 Å². The molecule has 1 saturated heterocycles. The molecule has 1 amide bonds. The van der Waals surface area contributed by atoms with Crippen molar-refractivity contribution in [2.24, 2.45) is 5.92 Å². The molecule has 0 unspecified atom stereocenters. The Balaban J connectivity index is 1.78. The first-order valence-corrected chi connectivity index (χ1v) is 11.4. The minimum absolute atomic E-state index is 0.193. The van der Waals surface area contributed by atoms with Crippen molar-refractivity contribution in [3.63, 3.8) is 0 Å². The topological polar surface area (TPSA) is 90.3 Å². The van der Waals surface area contributed by atoms with Crippen LogP contribution < -0.4 is 5.32 Å². The fourth-order valence-electron chi connectivity index (χ4n) is 3.32. The summed E-state index contributed by atoms with van der Waals surface area (Å²) in [5.74, 6) is -0.0195. The van der Waals surface area contributed by atoms with Gasteiger partial charge < -0.3 is 5.32 Å². The minimum atomic E-state index is -3.55. The molecule has 0 bridgehead atoms.